The zero-order valence-corrected chi connectivity index (χ0v) is 15.7. The maximum absolute atomic E-state index is 6.66. The van der Waals surface area contributed by atoms with E-state index in [0.29, 0.717) is 0 Å². The van der Waals surface area contributed by atoms with Gasteiger partial charge in [-0.15, -0.1) is 0 Å². The predicted molar refractivity (Wildman–Crippen MR) is 90.5 cm³/mol. The highest BCUT2D eigenvalue weighted by atomic mass is 28.4. The van der Waals surface area contributed by atoms with Crippen LogP contribution in [0.5, 0.6) is 0 Å². The van der Waals surface area contributed by atoms with E-state index in [-0.39, 0.29) is 5.60 Å². The predicted octanol–water partition coefficient (Wildman–Crippen LogP) is 5.86. The molecule has 0 bridgehead atoms. The van der Waals surface area contributed by atoms with E-state index in [0.717, 1.165) is 23.7 Å². The van der Waals surface area contributed by atoms with Crippen molar-refractivity contribution in [2.75, 3.05) is 0 Å². The fourth-order valence-electron chi connectivity index (χ4n) is 4.59. The fraction of sp³-hybridized carbons (Fsp3) is 1.00. The van der Waals surface area contributed by atoms with Crippen molar-refractivity contribution in [1.82, 2.24) is 0 Å². The van der Waals surface area contributed by atoms with Gasteiger partial charge in [-0.1, -0.05) is 26.7 Å². The van der Waals surface area contributed by atoms with E-state index in [9.17, 15) is 0 Å². The molecular formula is C18H36OSi. The van der Waals surface area contributed by atoms with Crippen LogP contribution >= 0.6 is 0 Å². The van der Waals surface area contributed by atoms with Gasteiger partial charge in [-0.3, -0.25) is 0 Å². The van der Waals surface area contributed by atoms with Crippen LogP contribution in [0.25, 0.3) is 0 Å². The Morgan fingerprint density at radius 2 is 1.40 bits per heavy atom. The van der Waals surface area contributed by atoms with Crippen molar-refractivity contribution in [2.24, 2.45) is 23.7 Å². The van der Waals surface area contributed by atoms with Crippen LogP contribution in [0.15, 0.2) is 0 Å². The van der Waals surface area contributed by atoms with Crippen molar-refractivity contribution in [2.45, 2.75) is 91.0 Å². The highest BCUT2D eigenvalue weighted by molar-refractivity contribution is 6.69. The van der Waals surface area contributed by atoms with Gasteiger partial charge >= 0.3 is 0 Å². The van der Waals surface area contributed by atoms with Gasteiger partial charge in [0.25, 0.3) is 0 Å². The Balaban J connectivity index is 2.00. The molecule has 3 unspecified atom stereocenters. The first-order valence-electron chi connectivity index (χ1n) is 8.90. The average Bonchev–Trinajstić information content (AvgIpc) is 2.31. The summed E-state index contributed by atoms with van der Waals surface area (Å²) < 4.78 is 6.66. The Morgan fingerprint density at radius 3 is 1.95 bits per heavy atom. The van der Waals surface area contributed by atoms with Crippen LogP contribution in [0.3, 0.4) is 0 Å². The molecule has 3 atom stereocenters. The second-order valence-corrected chi connectivity index (χ2v) is 13.4. The molecule has 0 aromatic carbocycles. The molecule has 118 valence electrons. The first-order valence-corrected chi connectivity index (χ1v) is 12.3. The third-order valence-corrected chi connectivity index (χ3v) is 7.03. The SMILES string of the molecule is CC1CCC(C2CCC(C)C(C)(O[Si](C)(C)C)C2)CC1. The summed E-state index contributed by atoms with van der Waals surface area (Å²) in [6, 6.07) is 0. The fourth-order valence-corrected chi connectivity index (χ4v) is 6.28. The lowest BCUT2D eigenvalue weighted by Gasteiger charge is -2.49. The topological polar surface area (TPSA) is 9.23 Å². The molecule has 2 aliphatic rings. The van der Waals surface area contributed by atoms with Crippen molar-refractivity contribution in [3.63, 3.8) is 0 Å². The quantitative estimate of drug-likeness (QED) is 0.593. The number of rotatable bonds is 3. The van der Waals surface area contributed by atoms with E-state index in [1.54, 1.807) is 0 Å². The monoisotopic (exact) mass is 296 g/mol. The summed E-state index contributed by atoms with van der Waals surface area (Å²) in [5.41, 5.74) is 0.149. The van der Waals surface area contributed by atoms with E-state index >= 15 is 0 Å². The van der Waals surface area contributed by atoms with Gasteiger partial charge in [0.1, 0.15) is 0 Å². The van der Waals surface area contributed by atoms with Gasteiger partial charge in [-0.2, -0.15) is 0 Å². The molecule has 0 radical (unpaired) electrons. The van der Waals surface area contributed by atoms with Gasteiger partial charge < -0.3 is 4.43 Å². The van der Waals surface area contributed by atoms with E-state index in [2.05, 4.69) is 40.4 Å². The second kappa shape index (κ2) is 6.12. The van der Waals surface area contributed by atoms with Gasteiger partial charge in [-0.25, -0.2) is 0 Å². The lowest BCUT2D eigenvalue weighted by Crippen LogP contribution is -2.49. The number of hydrogen-bond acceptors (Lipinski definition) is 1. The average molecular weight is 297 g/mol. The van der Waals surface area contributed by atoms with Gasteiger partial charge in [0.15, 0.2) is 8.32 Å². The molecule has 0 spiro atoms. The normalized spacial score (nSPS) is 43.5. The third kappa shape index (κ3) is 4.10. The van der Waals surface area contributed by atoms with Crippen molar-refractivity contribution in [3.8, 4) is 0 Å². The van der Waals surface area contributed by atoms with Gasteiger partial charge in [0.05, 0.1) is 5.60 Å². The van der Waals surface area contributed by atoms with Crippen LogP contribution in [0.1, 0.15) is 65.7 Å². The van der Waals surface area contributed by atoms with Gasteiger partial charge in [0, 0.05) is 0 Å². The maximum Gasteiger partial charge on any atom is 0.184 e. The molecule has 1 nitrogen and oxygen atoms in total. The molecule has 2 aliphatic carbocycles. The second-order valence-electron chi connectivity index (χ2n) is 8.99. The zero-order valence-electron chi connectivity index (χ0n) is 14.7. The summed E-state index contributed by atoms with van der Waals surface area (Å²) >= 11 is 0. The number of hydrogen-bond donors (Lipinski definition) is 0. The summed E-state index contributed by atoms with van der Waals surface area (Å²) in [5.74, 6) is 3.62. The van der Waals surface area contributed by atoms with Gasteiger partial charge in [0.2, 0.25) is 0 Å². The van der Waals surface area contributed by atoms with E-state index in [1.807, 2.05) is 0 Å². The van der Waals surface area contributed by atoms with Crippen molar-refractivity contribution < 1.29 is 4.43 Å². The highest BCUT2D eigenvalue weighted by Crippen LogP contribution is 2.47. The molecule has 0 aromatic rings. The Bertz CT molecular complexity index is 314. The molecule has 0 aromatic heterocycles. The molecule has 0 heterocycles. The van der Waals surface area contributed by atoms with Crippen molar-refractivity contribution in [1.29, 1.82) is 0 Å². The Morgan fingerprint density at radius 1 is 0.850 bits per heavy atom. The molecule has 0 amide bonds. The van der Waals surface area contributed by atoms with Crippen LogP contribution in [-0.4, -0.2) is 13.9 Å². The minimum atomic E-state index is -1.45. The highest BCUT2D eigenvalue weighted by Gasteiger charge is 2.43. The molecule has 20 heavy (non-hydrogen) atoms. The molecular weight excluding hydrogens is 260 g/mol. The summed E-state index contributed by atoms with van der Waals surface area (Å²) in [6.45, 7) is 14.3. The van der Waals surface area contributed by atoms with Crippen LogP contribution in [-0.2, 0) is 4.43 Å². The summed E-state index contributed by atoms with van der Waals surface area (Å²) in [7, 11) is -1.45. The molecule has 2 fully saturated rings. The van der Waals surface area contributed by atoms with Crippen molar-refractivity contribution in [3.05, 3.63) is 0 Å². The zero-order chi connectivity index (χ0) is 15.0. The molecule has 2 heteroatoms. The van der Waals surface area contributed by atoms with Crippen LogP contribution in [0.4, 0.5) is 0 Å². The first kappa shape index (κ1) is 16.5. The minimum absolute atomic E-state index is 0.149. The van der Waals surface area contributed by atoms with Gasteiger partial charge in [-0.05, 0) is 82.3 Å². The summed E-state index contributed by atoms with van der Waals surface area (Å²) in [6.07, 6.45) is 10.0. The van der Waals surface area contributed by atoms with Crippen LogP contribution in [0, 0.1) is 23.7 Å². The Hall–Kier alpha value is 0.177. The van der Waals surface area contributed by atoms with Crippen molar-refractivity contribution >= 4 is 8.32 Å². The molecule has 0 aliphatic heterocycles. The lowest BCUT2D eigenvalue weighted by atomic mass is 9.65. The molecule has 0 N–H and O–H groups in total. The lowest BCUT2D eigenvalue weighted by molar-refractivity contribution is -0.0428. The van der Waals surface area contributed by atoms with Crippen LogP contribution < -0.4 is 0 Å². The summed E-state index contributed by atoms with van der Waals surface area (Å²) in [4.78, 5) is 0. The Kier molecular flexibility index (Phi) is 5.06. The van der Waals surface area contributed by atoms with E-state index in [1.165, 1.54) is 44.9 Å². The standard InChI is InChI=1S/C18H36OSi/c1-14-7-10-16(11-8-14)17-12-9-15(2)18(3,13-17)19-20(4,5)6/h14-17H,7-13H2,1-6H3. The first-order chi connectivity index (χ1) is 9.20. The third-order valence-electron chi connectivity index (χ3n) is 5.95. The molecule has 2 rings (SSSR count). The maximum atomic E-state index is 6.66. The van der Waals surface area contributed by atoms with E-state index < -0.39 is 8.32 Å². The Labute approximate surface area is 128 Å². The van der Waals surface area contributed by atoms with E-state index in [4.69, 9.17) is 4.43 Å². The largest absolute Gasteiger partial charge is 0.412 e. The minimum Gasteiger partial charge on any atom is -0.412 e. The molecule has 2 saturated carbocycles. The smallest absolute Gasteiger partial charge is 0.184 e. The summed E-state index contributed by atoms with van der Waals surface area (Å²) in [5, 5.41) is 0. The molecule has 0 saturated heterocycles. The van der Waals surface area contributed by atoms with Crippen LogP contribution in [0.2, 0.25) is 19.6 Å².